The third kappa shape index (κ3) is 4.40. The first-order valence-corrected chi connectivity index (χ1v) is 10.4. The zero-order chi connectivity index (χ0) is 21.8. The molecular formula is C26H25N3O2. The number of hydrogen-bond donors (Lipinski definition) is 0. The number of carbonyl (C=O) groups excluding carboxylic acids is 1. The maximum atomic E-state index is 13.4. The van der Waals surface area contributed by atoms with Crippen molar-refractivity contribution in [2.45, 2.75) is 26.9 Å². The van der Waals surface area contributed by atoms with Gasteiger partial charge in [0.1, 0.15) is 11.2 Å². The standard InChI is InChI=1S/C26H25N3O2/c1-3-28(17-20-8-5-4-6-9-20)25(30)23-16-22-10-7-15-27-24(22)29(26(23)31)18-21-13-11-19(2)12-14-21/h4-16H,3,17-18H2,1-2H3. The maximum absolute atomic E-state index is 13.4. The van der Waals surface area contributed by atoms with Crippen molar-refractivity contribution in [1.82, 2.24) is 14.5 Å². The highest BCUT2D eigenvalue weighted by molar-refractivity contribution is 5.96. The molecule has 5 heteroatoms. The topological polar surface area (TPSA) is 55.2 Å². The Bertz CT molecular complexity index is 1260. The minimum absolute atomic E-state index is 0.172. The van der Waals surface area contributed by atoms with Crippen LogP contribution in [0.1, 0.15) is 34.0 Å². The first-order valence-electron chi connectivity index (χ1n) is 10.4. The van der Waals surface area contributed by atoms with Gasteiger partial charge in [-0.05, 0) is 43.2 Å². The minimum atomic E-state index is -0.316. The van der Waals surface area contributed by atoms with E-state index in [-0.39, 0.29) is 17.0 Å². The van der Waals surface area contributed by atoms with E-state index in [1.165, 1.54) is 0 Å². The lowest BCUT2D eigenvalue weighted by molar-refractivity contribution is 0.0750. The van der Waals surface area contributed by atoms with Gasteiger partial charge in [-0.2, -0.15) is 0 Å². The van der Waals surface area contributed by atoms with Crippen LogP contribution in [-0.4, -0.2) is 26.9 Å². The van der Waals surface area contributed by atoms with Crippen LogP contribution in [0.15, 0.2) is 83.8 Å². The van der Waals surface area contributed by atoms with Gasteiger partial charge >= 0.3 is 0 Å². The Morgan fingerprint density at radius 1 is 0.968 bits per heavy atom. The summed E-state index contributed by atoms with van der Waals surface area (Å²) < 4.78 is 1.60. The van der Waals surface area contributed by atoms with Crippen LogP contribution in [-0.2, 0) is 13.1 Å². The first kappa shape index (κ1) is 20.5. The molecule has 5 nitrogen and oxygen atoms in total. The maximum Gasteiger partial charge on any atom is 0.265 e. The molecule has 0 fully saturated rings. The van der Waals surface area contributed by atoms with Crippen molar-refractivity contribution in [3.05, 3.63) is 112 Å². The van der Waals surface area contributed by atoms with Crippen LogP contribution in [0.2, 0.25) is 0 Å². The highest BCUT2D eigenvalue weighted by Gasteiger charge is 2.21. The van der Waals surface area contributed by atoms with Crippen LogP contribution < -0.4 is 5.56 Å². The van der Waals surface area contributed by atoms with Crippen molar-refractivity contribution in [3.63, 3.8) is 0 Å². The second-order valence-electron chi connectivity index (χ2n) is 7.66. The average Bonchev–Trinajstić information content (AvgIpc) is 2.80. The van der Waals surface area contributed by atoms with Crippen molar-refractivity contribution in [3.8, 4) is 0 Å². The molecule has 4 aromatic rings. The van der Waals surface area contributed by atoms with Crippen molar-refractivity contribution >= 4 is 16.9 Å². The molecule has 0 saturated carbocycles. The van der Waals surface area contributed by atoms with E-state index in [1.54, 1.807) is 21.7 Å². The predicted molar refractivity (Wildman–Crippen MR) is 123 cm³/mol. The van der Waals surface area contributed by atoms with Gasteiger partial charge in [0.15, 0.2) is 0 Å². The monoisotopic (exact) mass is 411 g/mol. The second-order valence-corrected chi connectivity index (χ2v) is 7.66. The van der Waals surface area contributed by atoms with E-state index in [0.29, 0.717) is 25.3 Å². The molecule has 0 radical (unpaired) electrons. The number of aromatic nitrogens is 2. The molecule has 4 rings (SSSR count). The van der Waals surface area contributed by atoms with Gasteiger partial charge in [0.05, 0.1) is 6.54 Å². The molecule has 0 aliphatic rings. The van der Waals surface area contributed by atoms with Gasteiger partial charge in [-0.15, -0.1) is 0 Å². The van der Waals surface area contributed by atoms with Gasteiger partial charge in [0, 0.05) is 24.7 Å². The first-order chi connectivity index (χ1) is 15.1. The van der Waals surface area contributed by atoms with Crippen molar-refractivity contribution < 1.29 is 4.79 Å². The van der Waals surface area contributed by atoms with E-state index in [9.17, 15) is 9.59 Å². The number of carbonyl (C=O) groups is 1. The largest absolute Gasteiger partial charge is 0.334 e. The third-order valence-electron chi connectivity index (χ3n) is 5.42. The summed E-state index contributed by atoms with van der Waals surface area (Å²) in [5.74, 6) is -0.264. The summed E-state index contributed by atoms with van der Waals surface area (Å²) in [6, 6.07) is 23.2. The third-order valence-corrected chi connectivity index (χ3v) is 5.42. The van der Waals surface area contributed by atoms with Gasteiger partial charge in [-0.3, -0.25) is 14.2 Å². The normalized spacial score (nSPS) is 10.9. The molecule has 0 saturated heterocycles. The lowest BCUT2D eigenvalue weighted by Gasteiger charge is -2.22. The molecule has 0 spiro atoms. The van der Waals surface area contributed by atoms with Crippen molar-refractivity contribution in [2.75, 3.05) is 6.54 Å². The number of benzene rings is 2. The number of nitrogens with zero attached hydrogens (tertiary/aromatic N) is 3. The van der Waals surface area contributed by atoms with E-state index in [2.05, 4.69) is 4.98 Å². The van der Waals surface area contributed by atoms with Crippen LogP contribution >= 0.6 is 0 Å². The molecule has 2 aromatic carbocycles. The van der Waals surface area contributed by atoms with E-state index < -0.39 is 0 Å². The molecule has 0 unspecified atom stereocenters. The molecule has 0 N–H and O–H groups in total. The number of fused-ring (bicyclic) bond motifs is 1. The number of hydrogen-bond acceptors (Lipinski definition) is 3. The van der Waals surface area contributed by atoms with E-state index >= 15 is 0 Å². The summed E-state index contributed by atoms with van der Waals surface area (Å²) in [5.41, 5.74) is 3.60. The Balaban J connectivity index is 1.77. The molecular weight excluding hydrogens is 386 g/mol. The van der Waals surface area contributed by atoms with E-state index in [1.807, 2.05) is 80.6 Å². The molecule has 156 valence electrons. The number of aryl methyl sites for hydroxylation is 1. The fourth-order valence-corrected chi connectivity index (χ4v) is 3.68. The fraction of sp³-hybridized carbons (Fsp3) is 0.192. The molecule has 0 aliphatic heterocycles. The Morgan fingerprint density at radius 2 is 1.71 bits per heavy atom. The van der Waals surface area contributed by atoms with Crippen molar-refractivity contribution in [1.29, 1.82) is 0 Å². The minimum Gasteiger partial charge on any atom is -0.334 e. The summed E-state index contributed by atoms with van der Waals surface area (Å²) in [6.45, 7) is 5.28. The summed E-state index contributed by atoms with van der Waals surface area (Å²) in [7, 11) is 0. The molecule has 0 atom stereocenters. The van der Waals surface area contributed by atoms with Gasteiger partial charge in [0.25, 0.3) is 11.5 Å². The SMILES string of the molecule is CCN(Cc1ccccc1)C(=O)c1cc2cccnc2n(Cc2ccc(C)cc2)c1=O. The summed E-state index contributed by atoms with van der Waals surface area (Å²) in [6.07, 6.45) is 1.67. The van der Waals surface area contributed by atoms with Gasteiger partial charge in [0.2, 0.25) is 0 Å². The number of rotatable bonds is 6. The quantitative estimate of drug-likeness (QED) is 0.472. The van der Waals surface area contributed by atoms with Gasteiger partial charge in [-0.1, -0.05) is 60.2 Å². The van der Waals surface area contributed by atoms with Crippen LogP contribution in [0.3, 0.4) is 0 Å². The van der Waals surface area contributed by atoms with Crippen molar-refractivity contribution in [2.24, 2.45) is 0 Å². The summed E-state index contributed by atoms with van der Waals surface area (Å²) in [5, 5.41) is 0.772. The Morgan fingerprint density at radius 3 is 2.42 bits per heavy atom. The molecule has 0 bridgehead atoms. The summed E-state index contributed by atoms with van der Waals surface area (Å²) >= 11 is 0. The van der Waals surface area contributed by atoms with E-state index in [4.69, 9.17) is 0 Å². The number of amides is 1. The van der Waals surface area contributed by atoms with Crippen LogP contribution in [0, 0.1) is 6.92 Å². The van der Waals surface area contributed by atoms with Gasteiger partial charge in [-0.25, -0.2) is 4.98 Å². The highest BCUT2D eigenvalue weighted by atomic mass is 16.2. The van der Waals surface area contributed by atoms with Crippen LogP contribution in [0.4, 0.5) is 0 Å². The average molecular weight is 412 g/mol. The molecule has 31 heavy (non-hydrogen) atoms. The Labute approximate surface area is 181 Å². The molecule has 2 heterocycles. The fourth-order valence-electron chi connectivity index (χ4n) is 3.68. The Hall–Kier alpha value is -3.73. The zero-order valence-electron chi connectivity index (χ0n) is 17.8. The zero-order valence-corrected chi connectivity index (χ0v) is 17.8. The predicted octanol–water partition coefficient (Wildman–Crippen LogP) is 4.42. The lowest BCUT2D eigenvalue weighted by Crippen LogP contribution is -2.36. The van der Waals surface area contributed by atoms with E-state index in [0.717, 1.165) is 22.1 Å². The van der Waals surface area contributed by atoms with Crippen LogP contribution in [0.5, 0.6) is 0 Å². The molecule has 0 aliphatic carbocycles. The molecule has 2 aromatic heterocycles. The smallest absolute Gasteiger partial charge is 0.265 e. The Kier molecular flexibility index (Phi) is 5.94. The second kappa shape index (κ2) is 8.96. The lowest BCUT2D eigenvalue weighted by atomic mass is 10.1. The highest BCUT2D eigenvalue weighted by Crippen LogP contribution is 2.16. The number of pyridine rings is 2. The molecule has 1 amide bonds. The summed E-state index contributed by atoms with van der Waals surface area (Å²) in [4.78, 5) is 33.0. The van der Waals surface area contributed by atoms with Gasteiger partial charge < -0.3 is 4.90 Å². The van der Waals surface area contributed by atoms with Crippen LogP contribution in [0.25, 0.3) is 11.0 Å².